The molecule has 0 aromatic carbocycles. The first-order chi connectivity index (χ1) is 8.74. The van der Waals surface area contributed by atoms with Crippen molar-refractivity contribution >= 4 is 5.96 Å². The Morgan fingerprint density at radius 2 is 1.94 bits per heavy atom. The number of hydrogen-bond acceptors (Lipinski definition) is 1. The van der Waals surface area contributed by atoms with Gasteiger partial charge in [0, 0.05) is 12.6 Å². The molecule has 2 fully saturated rings. The zero-order chi connectivity index (χ0) is 12.8. The van der Waals surface area contributed by atoms with Gasteiger partial charge in [-0.3, -0.25) is 4.99 Å². The fraction of sp³-hybridized carbons (Fsp3) is 0.933. The summed E-state index contributed by atoms with van der Waals surface area (Å²) in [6.07, 6.45) is 13.2. The number of nitrogens with one attached hydrogen (secondary N) is 1. The maximum Gasteiger partial charge on any atom is 0.188 e. The molecule has 3 N–H and O–H groups in total. The van der Waals surface area contributed by atoms with Crippen molar-refractivity contribution in [3.8, 4) is 0 Å². The Morgan fingerprint density at radius 3 is 2.50 bits per heavy atom. The molecular formula is C15H29N3. The summed E-state index contributed by atoms with van der Waals surface area (Å²) in [4.78, 5) is 4.61. The molecule has 3 nitrogen and oxygen atoms in total. The predicted octanol–water partition coefficient (Wildman–Crippen LogP) is 3.19. The number of guanidine groups is 1. The summed E-state index contributed by atoms with van der Waals surface area (Å²) in [5.41, 5.74) is 6.52. The smallest absolute Gasteiger partial charge is 0.188 e. The maximum atomic E-state index is 6.03. The average Bonchev–Trinajstić information content (AvgIpc) is 2.34. The predicted molar refractivity (Wildman–Crippen MR) is 77.7 cm³/mol. The van der Waals surface area contributed by atoms with Crippen LogP contribution in [0, 0.1) is 5.41 Å². The van der Waals surface area contributed by atoms with Crippen LogP contribution in [0.1, 0.15) is 71.1 Å². The van der Waals surface area contributed by atoms with Crippen molar-refractivity contribution in [1.29, 1.82) is 0 Å². The molecule has 3 heteroatoms. The van der Waals surface area contributed by atoms with Crippen molar-refractivity contribution in [3.05, 3.63) is 0 Å². The van der Waals surface area contributed by atoms with Crippen LogP contribution in [0.25, 0.3) is 0 Å². The molecule has 0 heterocycles. The summed E-state index contributed by atoms with van der Waals surface area (Å²) < 4.78 is 0. The molecule has 2 saturated carbocycles. The first-order valence-electron chi connectivity index (χ1n) is 7.81. The van der Waals surface area contributed by atoms with Crippen molar-refractivity contribution in [1.82, 2.24) is 5.32 Å². The van der Waals surface area contributed by atoms with E-state index < -0.39 is 0 Å². The third-order valence-corrected chi connectivity index (χ3v) is 4.74. The number of aliphatic imine (C=N–C) groups is 1. The van der Waals surface area contributed by atoms with Gasteiger partial charge in [0.25, 0.3) is 0 Å². The Balaban J connectivity index is 1.76. The highest BCUT2D eigenvalue weighted by molar-refractivity contribution is 5.78. The summed E-state index contributed by atoms with van der Waals surface area (Å²) in [5.74, 6) is 0.685. The summed E-state index contributed by atoms with van der Waals surface area (Å²) in [6.45, 7) is 3.21. The molecule has 0 aromatic rings. The molecule has 0 amide bonds. The molecule has 0 unspecified atom stereocenters. The van der Waals surface area contributed by atoms with E-state index >= 15 is 0 Å². The summed E-state index contributed by atoms with van der Waals surface area (Å²) >= 11 is 0. The molecule has 2 aliphatic rings. The van der Waals surface area contributed by atoms with E-state index in [-0.39, 0.29) is 0 Å². The van der Waals surface area contributed by atoms with E-state index in [0.717, 1.165) is 6.54 Å². The lowest BCUT2D eigenvalue weighted by molar-refractivity contribution is 0.130. The van der Waals surface area contributed by atoms with E-state index in [0.29, 0.717) is 17.4 Å². The van der Waals surface area contributed by atoms with Gasteiger partial charge in [-0.05, 0) is 37.5 Å². The molecule has 0 atom stereocenters. The van der Waals surface area contributed by atoms with Crippen LogP contribution in [0.2, 0.25) is 0 Å². The van der Waals surface area contributed by atoms with Gasteiger partial charge < -0.3 is 11.1 Å². The van der Waals surface area contributed by atoms with E-state index in [1.54, 1.807) is 0 Å². The number of nitrogens with two attached hydrogens (primary N) is 1. The second kappa shape index (κ2) is 6.44. The first kappa shape index (κ1) is 13.7. The molecule has 0 bridgehead atoms. The molecule has 2 rings (SSSR count). The van der Waals surface area contributed by atoms with Gasteiger partial charge in [-0.25, -0.2) is 0 Å². The van der Waals surface area contributed by atoms with Crippen LogP contribution in [-0.2, 0) is 0 Å². The van der Waals surface area contributed by atoms with Gasteiger partial charge in [0.05, 0.1) is 0 Å². The number of rotatable bonds is 5. The van der Waals surface area contributed by atoms with E-state index in [1.165, 1.54) is 64.2 Å². The van der Waals surface area contributed by atoms with Crippen molar-refractivity contribution in [2.45, 2.75) is 77.2 Å². The van der Waals surface area contributed by atoms with Gasteiger partial charge >= 0.3 is 0 Å². The van der Waals surface area contributed by atoms with E-state index in [1.807, 2.05) is 0 Å². The van der Waals surface area contributed by atoms with Gasteiger partial charge in [-0.2, -0.15) is 0 Å². The molecule has 0 saturated heterocycles. The summed E-state index contributed by atoms with van der Waals surface area (Å²) in [5, 5.41) is 3.41. The summed E-state index contributed by atoms with van der Waals surface area (Å²) in [7, 11) is 0. The van der Waals surface area contributed by atoms with Gasteiger partial charge in [0.15, 0.2) is 5.96 Å². The van der Waals surface area contributed by atoms with E-state index in [9.17, 15) is 0 Å². The van der Waals surface area contributed by atoms with Crippen LogP contribution >= 0.6 is 0 Å². The molecule has 104 valence electrons. The highest BCUT2D eigenvalue weighted by Gasteiger charge is 2.35. The van der Waals surface area contributed by atoms with Crippen molar-refractivity contribution in [3.63, 3.8) is 0 Å². The minimum Gasteiger partial charge on any atom is -0.370 e. The number of nitrogens with zero attached hydrogens (tertiary/aromatic N) is 1. The lowest BCUT2D eigenvalue weighted by atomic mass is 9.66. The Hall–Kier alpha value is -0.730. The first-order valence-corrected chi connectivity index (χ1v) is 7.81. The molecular weight excluding hydrogens is 222 g/mol. The fourth-order valence-corrected chi connectivity index (χ4v) is 3.45. The molecule has 0 spiro atoms. The molecule has 0 aliphatic heterocycles. The van der Waals surface area contributed by atoms with Crippen molar-refractivity contribution < 1.29 is 0 Å². The zero-order valence-electron chi connectivity index (χ0n) is 11.9. The lowest BCUT2D eigenvalue weighted by Gasteiger charge is -2.40. The van der Waals surface area contributed by atoms with E-state index in [2.05, 4.69) is 17.2 Å². The molecule has 2 aliphatic carbocycles. The Bertz CT molecular complexity index is 275. The fourth-order valence-electron chi connectivity index (χ4n) is 3.45. The Kier molecular flexibility index (Phi) is 4.90. The standard InChI is InChI=1S/C15H29N3/c1-2-9-15(10-6-11-15)12-17-14(16)18-13-7-4-3-5-8-13/h13H,2-12H2,1H3,(H3,16,17,18). The van der Waals surface area contributed by atoms with Crippen LogP contribution in [-0.4, -0.2) is 18.5 Å². The van der Waals surface area contributed by atoms with Crippen LogP contribution in [0.4, 0.5) is 0 Å². The molecule has 0 aromatic heterocycles. The molecule has 18 heavy (non-hydrogen) atoms. The van der Waals surface area contributed by atoms with Crippen LogP contribution in [0.5, 0.6) is 0 Å². The normalized spacial score (nSPS) is 24.6. The lowest BCUT2D eigenvalue weighted by Crippen LogP contribution is -2.42. The number of hydrogen-bond donors (Lipinski definition) is 2. The minimum atomic E-state index is 0.494. The third kappa shape index (κ3) is 3.63. The van der Waals surface area contributed by atoms with Gasteiger partial charge in [-0.15, -0.1) is 0 Å². The topological polar surface area (TPSA) is 50.4 Å². The van der Waals surface area contributed by atoms with Gasteiger partial charge in [0.2, 0.25) is 0 Å². The Labute approximate surface area is 112 Å². The van der Waals surface area contributed by atoms with E-state index in [4.69, 9.17) is 5.73 Å². The zero-order valence-corrected chi connectivity index (χ0v) is 11.9. The quantitative estimate of drug-likeness (QED) is 0.582. The van der Waals surface area contributed by atoms with Crippen LogP contribution in [0.3, 0.4) is 0 Å². The van der Waals surface area contributed by atoms with Crippen molar-refractivity contribution in [2.75, 3.05) is 6.54 Å². The SMILES string of the molecule is CCCC1(CN=C(N)NC2CCCCC2)CCC1. The van der Waals surface area contributed by atoms with Gasteiger partial charge in [-0.1, -0.05) is 39.0 Å². The monoisotopic (exact) mass is 251 g/mol. The molecule has 0 radical (unpaired) electrons. The van der Waals surface area contributed by atoms with Gasteiger partial charge in [0.1, 0.15) is 0 Å². The Morgan fingerprint density at radius 1 is 1.22 bits per heavy atom. The van der Waals surface area contributed by atoms with Crippen LogP contribution < -0.4 is 11.1 Å². The highest BCUT2D eigenvalue weighted by atomic mass is 15.1. The average molecular weight is 251 g/mol. The minimum absolute atomic E-state index is 0.494. The largest absolute Gasteiger partial charge is 0.370 e. The maximum absolute atomic E-state index is 6.03. The highest BCUT2D eigenvalue weighted by Crippen LogP contribution is 2.44. The third-order valence-electron chi connectivity index (χ3n) is 4.74. The van der Waals surface area contributed by atoms with Crippen molar-refractivity contribution in [2.24, 2.45) is 16.1 Å². The van der Waals surface area contributed by atoms with Crippen LogP contribution in [0.15, 0.2) is 4.99 Å². The second-order valence-electron chi connectivity index (χ2n) is 6.28. The summed E-state index contributed by atoms with van der Waals surface area (Å²) in [6, 6.07) is 0.575. The second-order valence-corrected chi connectivity index (χ2v) is 6.28.